The number of aromatic amines is 1. The fourth-order valence-electron chi connectivity index (χ4n) is 2.45. The minimum atomic E-state index is -0.370. The highest BCUT2D eigenvalue weighted by Crippen LogP contribution is 2.17. The number of nitrogens with zero attached hydrogens (tertiary/aromatic N) is 3. The second-order valence-electron chi connectivity index (χ2n) is 5.84. The van der Waals surface area contributed by atoms with Gasteiger partial charge in [-0.1, -0.05) is 17.7 Å². The predicted molar refractivity (Wildman–Crippen MR) is 99.0 cm³/mol. The number of aromatic nitrogens is 3. The molecule has 2 N–H and O–H groups in total. The van der Waals surface area contributed by atoms with E-state index in [2.05, 4.69) is 20.3 Å². The van der Waals surface area contributed by atoms with Crippen molar-refractivity contribution < 1.29 is 9.59 Å². The lowest BCUT2D eigenvalue weighted by Gasteiger charge is -2.17. The number of rotatable bonds is 6. The zero-order valence-electron chi connectivity index (χ0n) is 14.2. The first-order valence-corrected chi connectivity index (χ1v) is 8.47. The van der Waals surface area contributed by atoms with Crippen LogP contribution in [0.3, 0.4) is 0 Å². The van der Waals surface area contributed by atoms with E-state index in [1.165, 1.54) is 6.20 Å². The maximum absolute atomic E-state index is 12.2. The summed E-state index contributed by atoms with van der Waals surface area (Å²) in [6.45, 7) is 0.446. The molecular weight excluding hydrogens is 354 g/mol. The number of amides is 2. The van der Waals surface area contributed by atoms with Gasteiger partial charge in [-0.3, -0.25) is 14.6 Å². The molecule has 0 atom stereocenters. The number of likely N-dealkylation sites (N-methyl/N-ethyl adjacent to an activating group) is 1. The summed E-state index contributed by atoms with van der Waals surface area (Å²) >= 11 is 5.89. The van der Waals surface area contributed by atoms with E-state index in [1.54, 1.807) is 30.3 Å². The highest BCUT2D eigenvalue weighted by atomic mass is 35.5. The quantitative estimate of drug-likeness (QED) is 0.693. The molecule has 0 unspecified atom stereocenters. The Morgan fingerprint density at radius 2 is 2.12 bits per heavy atom. The van der Waals surface area contributed by atoms with E-state index in [9.17, 15) is 9.59 Å². The summed E-state index contributed by atoms with van der Waals surface area (Å²) < 4.78 is 0. The van der Waals surface area contributed by atoms with Gasteiger partial charge in [0.1, 0.15) is 11.3 Å². The van der Waals surface area contributed by atoms with Crippen LogP contribution in [0.5, 0.6) is 0 Å². The summed E-state index contributed by atoms with van der Waals surface area (Å²) in [6.07, 6.45) is 3.88. The normalized spacial score (nSPS) is 10.7. The Morgan fingerprint density at radius 1 is 1.27 bits per heavy atom. The SMILES string of the molecule is CN(CCc1ccccn1)C(=O)CNC(=O)c1cc2cc(Cl)cnc2[nH]1. The molecule has 26 heavy (non-hydrogen) atoms. The van der Waals surface area contributed by atoms with Crippen molar-refractivity contribution in [2.45, 2.75) is 6.42 Å². The highest BCUT2D eigenvalue weighted by Gasteiger charge is 2.14. The molecular formula is C18H18ClN5O2. The molecule has 0 saturated carbocycles. The molecule has 0 bridgehead atoms. The summed E-state index contributed by atoms with van der Waals surface area (Å²) in [5, 5.41) is 3.85. The fraction of sp³-hybridized carbons (Fsp3) is 0.222. The number of hydrogen-bond donors (Lipinski definition) is 2. The van der Waals surface area contributed by atoms with Crippen LogP contribution in [0.1, 0.15) is 16.2 Å². The van der Waals surface area contributed by atoms with Crippen LogP contribution in [0.25, 0.3) is 11.0 Å². The molecule has 0 aliphatic rings. The molecule has 3 aromatic heterocycles. The molecule has 0 radical (unpaired) electrons. The third-order valence-corrected chi connectivity index (χ3v) is 4.14. The summed E-state index contributed by atoms with van der Waals surface area (Å²) in [4.78, 5) is 37.2. The molecule has 0 aliphatic carbocycles. The van der Waals surface area contributed by atoms with E-state index < -0.39 is 0 Å². The van der Waals surface area contributed by atoms with Crippen molar-refractivity contribution in [3.05, 3.63) is 59.1 Å². The molecule has 3 rings (SSSR count). The standard InChI is InChI=1S/C18H18ClN5O2/c1-24(7-5-14-4-2-3-6-20-14)16(25)11-22-18(26)15-9-12-8-13(19)10-21-17(12)23-15/h2-4,6,8-10H,5,7,11H2,1H3,(H,21,23)(H,22,26). The van der Waals surface area contributed by atoms with Crippen LogP contribution in [0.15, 0.2) is 42.7 Å². The summed E-state index contributed by atoms with van der Waals surface area (Å²) in [5.74, 6) is -0.544. The van der Waals surface area contributed by atoms with E-state index in [0.29, 0.717) is 29.3 Å². The van der Waals surface area contributed by atoms with Gasteiger partial charge in [0.15, 0.2) is 0 Å². The summed E-state index contributed by atoms with van der Waals surface area (Å²) in [6, 6.07) is 9.04. The molecule has 3 heterocycles. The Bertz CT molecular complexity index is 926. The van der Waals surface area contributed by atoms with Gasteiger partial charge in [0.2, 0.25) is 5.91 Å². The first kappa shape index (κ1) is 17.9. The second-order valence-corrected chi connectivity index (χ2v) is 6.28. The average molecular weight is 372 g/mol. The Kier molecular flexibility index (Phi) is 5.48. The lowest BCUT2D eigenvalue weighted by Crippen LogP contribution is -2.39. The number of nitrogens with one attached hydrogen (secondary N) is 2. The van der Waals surface area contributed by atoms with Gasteiger partial charge in [0.05, 0.1) is 11.6 Å². The van der Waals surface area contributed by atoms with E-state index >= 15 is 0 Å². The number of carbonyl (C=O) groups is 2. The third kappa shape index (κ3) is 4.37. The molecule has 8 heteroatoms. The van der Waals surface area contributed by atoms with Crippen molar-refractivity contribution in [2.75, 3.05) is 20.1 Å². The molecule has 2 amide bonds. The van der Waals surface area contributed by atoms with E-state index in [4.69, 9.17) is 11.6 Å². The Hall–Kier alpha value is -2.93. The molecule has 134 valence electrons. The molecule has 3 aromatic rings. The number of carbonyl (C=O) groups excluding carboxylic acids is 2. The van der Waals surface area contributed by atoms with Gasteiger partial charge in [-0.05, 0) is 24.3 Å². The van der Waals surface area contributed by atoms with Crippen molar-refractivity contribution in [1.82, 2.24) is 25.2 Å². The van der Waals surface area contributed by atoms with Crippen LogP contribution in [0.4, 0.5) is 0 Å². The van der Waals surface area contributed by atoms with Gasteiger partial charge >= 0.3 is 0 Å². The number of halogens is 1. The largest absolute Gasteiger partial charge is 0.344 e. The summed E-state index contributed by atoms with van der Waals surface area (Å²) in [5.41, 5.74) is 1.82. The van der Waals surface area contributed by atoms with E-state index in [-0.39, 0.29) is 18.4 Å². The van der Waals surface area contributed by atoms with Crippen LogP contribution in [-0.2, 0) is 11.2 Å². The minimum Gasteiger partial charge on any atom is -0.344 e. The fourth-order valence-corrected chi connectivity index (χ4v) is 2.62. The lowest BCUT2D eigenvalue weighted by molar-refractivity contribution is -0.128. The second kappa shape index (κ2) is 7.97. The molecule has 0 aromatic carbocycles. The number of hydrogen-bond acceptors (Lipinski definition) is 4. The van der Waals surface area contributed by atoms with E-state index in [0.717, 1.165) is 11.1 Å². The molecule has 0 spiro atoms. The zero-order valence-corrected chi connectivity index (χ0v) is 15.0. The van der Waals surface area contributed by atoms with Crippen molar-refractivity contribution in [2.24, 2.45) is 0 Å². The van der Waals surface area contributed by atoms with Gasteiger partial charge < -0.3 is 15.2 Å². The van der Waals surface area contributed by atoms with Crippen LogP contribution < -0.4 is 5.32 Å². The zero-order chi connectivity index (χ0) is 18.5. The number of H-pyrrole nitrogens is 1. The van der Waals surface area contributed by atoms with Crippen molar-refractivity contribution in [3.63, 3.8) is 0 Å². The molecule has 0 fully saturated rings. The number of fused-ring (bicyclic) bond motifs is 1. The Balaban J connectivity index is 1.51. The maximum atomic E-state index is 12.2. The van der Waals surface area contributed by atoms with Gasteiger partial charge in [-0.15, -0.1) is 0 Å². The Morgan fingerprint density at radius 3 is 2.88 bits per heavy atom. The summed E-state index contributed by atoms with van der Waals surface area (Å²) in [7, 11) is 1.70. The molecule has 0 aliphatic heterocycles. The molecule has 0 saturated heterocycles. The number of pyridine rings is 2. The van der Waals surface area contributed by atoms with E-state index in [1.807, 2.05) is 18.2 Å². The molecule has 7 nitrogen and oxygen atoms in total. The lowest BCUT2D eigenvalue weighted by atomic mass is 10.2. The van der Waals surface area contributed by atoms with Gasteiger partial charge in [-0.25, -0.2) is 4.98 Å². The van der Waals surface area contributed by atoms with Gasteiger partial charge in [0.25, 0.3) is 5.91 Å². The minimum absolute atomic E-state index is 0.0822. The van der Waals surface area contributed by atoms with Crippen molar-refractivity contribution in [3.8, 4) is 0 Å². The van der Waals surface area contributed by atoms with Gasteiger partial charge in [-0.2, -0.15) is 0 Å². The van der Waals surface area contributed by atoms with Crippen LogP contribution in [0.2, 0.25) is 5.02 Å². The monoisotopic (exact) mass is 371 g/mol. The van der Waals surface area contributed by atoms with Crippen LogP contribution in [0, 0.1) is 0 Å². The highest BCUT2D eigenvalue weighted by molar-refractivity contribution is 6.31. The van der Waals surface area contributed by atoms with Crippen molar-refractivity contribution in [1.29, 1.82) is 0 Å². The first-order valence-electron chi connectivity index (χ1n) is 8.09. The van der Waals surface area contributed by atoms with Gasteiger partial charge in [0, 0.05) is 43.5 Å². The predicted octanol–water partition coefficient (Wildman–Crippen LogP) is 2.04. The third-order valence-electron chi connectivity index (χ3n) is 3.94. The maximum Gasteiger partial charge on any atom is 0.268 e. The van der Waals surface area contributed by atoms with Crippen LogP contribution in [-0.4, -0.2) is 51.8 Å². The van der Waals surface area contributed by atoms with Crippen LogP contribution >= 0.6 is 11.6 Å². The topological polar surface area (TPSA) is 91.0 Å². The smallest absolute Gasteiger partial charge is 0.268 e. The average Bonchev–Trinajstić information content (AvgIpc) is 3.08. The Labute approximate surface area is 155 Å². The van der Waals surface area contributed by atoms with Crippen molar-refractivity contribution >= 4 is 34.4 Å². The first-order chi connectivity index (χ1) is 12.5.